The molecule has 1 aliphatic heterocycles. The maximum Gasteiger partial charge on any atom is 0.338 e. The maximum atomic E-state index is 12.2. The Labute approximate surface area is 128 Å². The van der Waals surface area contributed by atoms with Crippen molar-refractivity contribution >= 4 is 11.9 Å². The molecule has 2 heterocycles. The number of allylic oxidation sites excluding steroid dienone is 1. The zero-order valence-electron chi connectivity index (χ0n) is 12.7. The molecule has 3 rings (SSSR count). The van der Waals surface area contributed by atoms with Gasteiger partial charge in [0.25, 0.3) is 0 Å². The summed E-state index contributed by atoms with van der Waals surface area (Å²) in [7, 11) is 1.37. The van der Waals surface area contributed by atoms with Crippen LogP contribution in [0.5, 0.6) is 0 Å². The molecule has 22 heavy (non-hydrogen) atoms. The summed E-state index contributed by atoms with van der Waals surface area (Å²) in [5, 5.41) is 14.7. The number of esters is 1. The van der Waals surface area contributed by atoms with Gasteiger partial charge in [-0.15, -0.1) is 0 Å². The lowest BCUT2D eigenvalue weighted by molar-refractivity contribution is -0.136. The quantitative estimate of drug-likeness (QED) is 0.869. The van der Waals surface area contributed by atoms with Crippen LogP contribution in [0.25, 0.3) is 0 Å². The molecule has 7 nitrogen and oxygen atoms in total. The molecule has 1 atom stereocenters. The Hall–Kier alpha value is -2.70. The smallest absolute Gasteiger partial charge is 0.338 e. The van der Waals surface area contributed by atoms with Crippen LogP contribution in [0.4, 0.5) is 5.95 Å². The molecule has 114 valence electrons. The van der Waals surface area contributed by atoms with Gasteiger partial charge in [-0.25, -0.2) is 4.79 Å². The number of aromatic nitrogens is 4. The standard InChI is InChI=1S/C15H17N5O2/c1-4-10-5-7-11(8-6-10)13-12(14(21)22-3)9(2)16-15-17-18-19-20(13)15/h5-8,13H,4H2,1-3H3,(H,16,17,19)/t13-/m1/s1. The summed E-state index contributed by atoms with van der Waals surface area (Å²) in [6.07, 6.45) is 0.960. The van der Waals surface area contributed by atoms with E-state index in [1.165, 1.54) is 12.7 Å². The van der Waals surface area contributed by atoms with Gasteiger partial charge in [0.15, 0.2) is 0 Å². The van der Waals surface area contributed by atoms with Crippen molar-refractivity contribution in [1.29, 1.82) is 0 Å². The van der Waals surface area contributed by atoms with Gasteiger partial charge in [-0.3, -0.25) is 0 Å². The van der Waals surface area contributed by atoms with Gasteiger partial charge in [-0.1, -0.05) is 36.3 Å². The van der Waals surface area contributed by atoms with E-state index in [1.807, 2.05) is 31.2 Å². The van der Waals surface area contributed by atoms with Gasteiger partial charge in [0.05, 0.1) is 12.7 Å². The minimum atomic E-state index is -0.399. The second-order valence-corrected chi connectivity index (χ2v) is 5.10. The summed E-state index contributed by atoms with van der Waals surface area (Å²) in [5.41, 5.74) is 3.37. The van der Waals surface area contributed by atoms with E-state index in [2.05, 4.69) is 27.8 Å². The van der Waals surface area contributed by atoms with Crippen molar-refractivity contribution < 1.29 is 9.53 Å². The number of benzene rings is 1. The first-order valence-corrected chi connectivity index (χ1v) is 7.08. The molecule has 0 saturated carbocycles. The number of hydrogen-bond acceptors (Lipinski definition) is 6. The van der Waals surface area contributed by atoms with Crippen LogP contribution >= 0.6 is 0 Å². The first-order valence-electron chi connectivity index (χ1n) is 7.08. The number of anilines is 1. The summed E-state index contributed by atoms with van der Waals surface area (Å²) in [6.45, 7) is 3.92. The van der Waals surface area contributed by atoms with Gasteiger partial charge in [-0.2, -0.15) is 4.68 Å². The molecule has 0 unspecified atom stereocenters. The summed E-state index contributed by atoms with van der Waals surface area (Å²) in [6, 6.07) is 7.69. The van der Waals surface area contributed by atoms with Crippen LogP contribution in [0.15, 0.2) is 35.5 Å². The van der Waals surface area contributed by atoms with E-state index in [0.29, 0.717) is 17.2 Å². The maximum absolute atomic E-state index is 12.2. The molecule has 1 N–H and O–H groups in total. The molecular formula is C15H17N5O2. The third-order valence-electron chi connectivity index (χ3n) is 3.82. The minimum absolute atomic E-state index is 0.393. The third kappa shape index (κ3) is 2.24. The predicted octanol–water partition coefficient (Wildman–Crippen LogP) is 1.70. The van der Waals surface area contributed by atoms with Crippen LogP contribution in [-0.2, 0) is 16.0 Å². The number of nitrogens with one attached hydrogen (secondary N) is 1. The molecule has 1 aliphatic rings. The molecule has 0 saturated heterocycles. The first kappa shape index (κ1) is 14.2. The van der Waals surface area contributed by atoms with Crippen molar-refractivity contribution in [2.45, 2.75) is 26.3 Å². The fraction of sp³-hybridized carbons (Fsp3) is 0.333. The van der Waals surface area contributed by atoms with Gasteiger partial charge >= 0.3 is 5.97 Å². The van der Waals surface area contributed by atoms with E-state index in [9.17, 15) is 4.79 Å². The summed E-state index contributed by atoms with van der Waals surface area (Å²) in [4.78, 5) is 12.2. The zero-order valence-corrected chi connectivity index (χ0v) is 12.7. The number of tetrazole rings is 1. The summed E-state index contributed by atoms with van der Waals surface area (Å²) < 4.78 is 6.53. The number of carbonyl (C=O) groups excluding carboxylic acids is 1. The van der Waals surface area contributed by atoms with Gasteiger partial charge in [0, 0.05) is 5.70 Å². The molecule has 0 radical (unpaired) electrons. The normalized spacial score (nSPS) is 17.0. The second kappa shape index (κ2) is 5.59. The van der Waals surface area contributed by atoms with Crippen molar-refractivity contribution in [3.8, 4) is 0 Å². The van der Waals surface area contributed by atoms with E-state index in [1.54, 1.807) is 4.68 Å². The highest BCUT2D eigenvalue weighted by molar-refractivity contribution is 5.92. The minimum Gasteiger partial charge on any atom is -0.466 e. The molecule has 0 amide bonds. The van der Waals surface area contributed by atoms with E-state index in [0.717, 1.165) is 12.0 Å². The summed E-state index contributed by atoms with van der Waals surface area (Å²) >= 11 is 0. The number of aryl methyl sites for hydroxylation is 1. The molecule has 0 fully saturated rings. The first-order chi connectivity index (χ1) is 10.7. The largest absolute Gasteiger partial charge is 0.466 e. The lowest BCUT2D eigenvalue weighted by Gasteiger charge is -2.27. The molecule has 0 spiro atoms. The molecule has 0 aliphatic carbocycles. The number of hydrogen-bond donors (Lipinski definition) is 1. The van der Waals surface area contributed by atoms with Crippen LogP contribution in [0.3, 0.4) is 0 Å². The lowest BCUT2D eigenvalue weighted by Crippen LogP contribution is -2.29. The van der Waals surface area contributed by atoms with Crippen molar-refractivity contribution in [2.24, 2.45) is 0 Å². The van der Waals surface area contributed by atoms with Crippen molar-refractivity contribution in [3.05, 3.63) is 46.7 Å². The Morgan fingerprint density at radius 1 is 1.36 bits per heavy atom. The van der Waals surface area contributed by atoms with Crippen molar-refractivity contribution in [1.82, 2.24) is 20.2 Å². The Kier molecular flexibility index (Phi) is 3.62. The van der Waals surface area contributed by atoms with Gasteiger partial charge in [0.1, 0.15) is 6.04 Å². The Bertz CT molecular complexity index is 733. The average molecular weight is 299 g/mol. The molecule has 7 heteroatoms. The number of ether oxygens (including phenoxy) is 1. The van der Waals surface area contributed by atoms with Crippen LogP contribution in [0, 0.1) is 0 Å². The Morgan fingerprint density at radius 3 is 2.73 bits per heavy atom. The molecule has 0 bridgehead atoms. The fourth-order valence-corrected chi connectivity index (χ4v) is 2.63. The molecule has 1 aromatic heterocycles. The van der Waals surface area contributed by atoms with Crippen LogP contribution in [0.1, 0.15) is 31.0 Å². The molecule has 2 aromatic rings. The van der Waals surface area contributed by atoms with Gasteiger partial charge in [0.2, 0.25) is 5.95 Å². The predicted molar refractivity (Wildman–Crippen MR) is 80.1 cm³/mol. The van der Waals surface area contributed by atoms with E-state index in [4.69, 9.17) is 4.74 Å². The van der Waals surface area contributed by atoms with Crippen molar-refractivity contribution in [2.75, 3.05) is 12.4 Å². The number of fused-ring (bicyclic) bond motifs is 1. The van der Waals surface area contributed by atoms with Gasteiger partial charge in [-0.05, 0) is 34.9 Å². The topological polar surface area (TPSA) is 81.9 Å². The monoisotopic (exact) mass is 299 g/mol. The van der Waals surface area contributed by atoms with Crippen LogP contribution in [-0.4, -0.2) is 33.3 Å². The number of rotatable bonds is 3. The highest BCUT2D eigenvalue weighted by Gasteiger charge is 2.34. The highest BCUT2D eigenvalue weighted by Crippen LogP contribution is 2.34. The Morgan fingerprint density at radius 2 is 2.09 bits per heavy atom. The van der Waals surface area contributed by atoms with Crippen LogP contribution in [0.2, 0.25) is 0 Å². The SMILES string of the molecule is CCc1ccc([C@@H]2C(C(=O)OC)=C(C)Nc3nnnn32)cc1. The van der Waals surface area contributed by atoms with E-state index in [-0.39, 0.29) is 0 Å². The zero-order chi connectivity index (χ0) is 15.7. The fourth-order valence-electron chi connectivity index (χ4n) is 2.63. The van der Waals surface area contributed by atoms with Crippen LogP contribution < -0.4 is 5.32 Å². The number of carbonyl (C=O) groups is 1. The van der Waals surface area contributed by atoms with E-state index < -0.39 is 12.0 Å². The highest BCUT2D eigenvalue weighted by atomic mass is 16.5. The summed E-state index contributed by atoms with van der Waals surface area (Å²) in [5.74, 6) is 0.116. The second-order valence-electron chi connectivity index (χ2n) is 5.10. The Balaban J connectivity index is 2.13. The average Bonchev–Trinajstić information content (AvgIpc) is 3.00. The third-order valence-corrected chi connectivity index (χ3v) is 3.82. The van der Waals surface area contributed by atoms with Gasteiger partial charge < -0.3 is 10.1 Å². The lowest BCUT2D eigenvalue weighted by atomic mass is 9.95. The van der Waals surface area contributed by atoms with Crippen molar-refractivity contribution in [3.63, 3.8) is 0 Å². The molecule has 1 aromatic carbocycles. The van der Waals surface area contributed by atoms with E-state index >= 15 is 0 Å². The number of nitrogens with zero attached hydrogens (tertiary/aromatic N) is 4. The number of methoxy groups -OCH3 is 1. The molecular weight excluding hydrogens is 282 g/mol.